The van der Waals surface area contributed by atoms with Crippen molar-refractivity contribution in [3.05, 3.63) is 34.5 Å². The van der Waals surface area contributed by atoms with Crippen molar-refractivity contribution < 1.29 is 14.5 Å². The average molecular weight is 197 g/mol. The average Bonchev–Trinajstić information content (AvgIpc) is 2.20. The lowest BCUT2D eigenvalue weighted by Crippen LogP contribution is -2.31. The number of esters is 1. The Hall–Kier alpha value is -1.65. The van der Waals surface area contributed by atoms with Gasteiger partial charge in [0.25, 0.3) is 5.70 Å². The number of rotatable bonds is 2. The summed E-state index contributed by atoms with van der Waals surface area (Å²) in [5.41, 5.74) is -1.10. The smallest absolute Gasteiger partial charge is 0.335 e. The topological polar surface area (TPSA) is 69.4 Å². The Bertz CT molecular complexity index is 343. The number of carbonyl (C=O) groups is 1. The van der Waals surface area contributed by atoms with Gasteiger partial charge in [0, 0.05) is 5.57 Å². The Labute approximate surface area is 81.2 Å². The third-order valence-corrected chi connectivity index (χ3v) is 2.23. The lowest BCUT2D eigenvalue weighted by Gasteiger charge is -2.21. The van der Waals surface area contributed by atoms with Gasteiger partial charge in [0.1, 0.15) is 11.5 Å². The van der Waals surface area contributed by atoms with E-state index < -0.39 is 22.4 Å². The Kier molecular flexibility index (Phi) is 2.19. The molecule has 0 amide bonds. The molecule has 5 nitrogen and oxygen atoms in total. The minimum absolute atomic E-state index is 0.0942. The van der Waals surface area contributed by atoms with Crippen LogP contribution in [0.25, 0.3) is 0 Å². The summed E-state index contributed by atoms with van der Waals surface area (Å²) in [4.78, 5) is 21.1. The maximum absolute atomic E-state index is 11.1. The van der Waals surface area contributed by atoms with Gasteiger partial charge in [-0.15, -0.1) is 0 Å². The van der Waals surface area contributed by atoms with Gasteiger partial charge in [-0.05, 0) is 20.4 Å². The Balaban J connectivity index is 3.08. The summed E-state index contributed by atoms with van der Waals surface area (Å²) in [5.74, 6) is -1.34. The Morgan fingerprint density at radius 2 is 2.14 bits per heavy atom. The molecule has 1 saturated heterocycles. The maximum atomic E-state index is 11.1. The molecule has 1 atom stereocenters. The molecule has 0 saturated carbocycles. The summed E-state index contributed by atoms with van der Waals surface area (Å²) in [6.07, 6.45) is 0. The quantitative estimate of drug-likeness (QED) is 0.289. The Morgan fingerprint density at radius 3 is 2.43 bits per heavy atom. The fourth-order valence-corrected chi connectivity index (χ4v) is 1.61. The zero-order chi connectivity index (χ0) is 11.1. The molecule has 76 valence electrons. The monoisotopic (exact) mass is 197 g/mol. The van der Waals surface area contributed by atoms with E-state index >= 15 is 0 Å². The summed E-state index contributed by atoms with van der Waals surface area (Å²) in [5, 5.41) is 10.5. The van der Waals surface area contributed by atoms with E-state index in [1.807, 2.05) is 0 Å². The van der Waals surface area contributed by atoms with Gasteiger partial charge in [0.15, 0.2) is 0 Å². The summed E-state index contributed by atoms with van der Waals surface area (Å²) >= 11 is 0. The third kappa shape index (κ3) is 1.41. The molecule has 5 heteroatoms. The number of hydrogen-bond donors (Lipinski definition) is 0. The van der Waals surface area contributed by atoms with Crippen LogP contribution >= 0.6 is 0 Å². The van der Waals surface area contributed by atoms with Crippen LogP contribution in [0.1, 0.15) is 13.8 Å². The van der Waals surface area contributed by atoms with E-state index in [9.17, 15) is 14.9 Å². The van der Waals surface area contributed by atoms with Crippen molar-refractivity contribution in [2.75, 3.05) is 0 Å². The largest absolute Gasteiger partial charge is 0.455 e. The third-order valence-electron chi connectivity index (χ3n) is 2.23. The fraction of sp³-hybridized carbons (Fsp3) is 0.444. The first kappa shape index (κ1) is 10.4. The zero-order valence-electron chi connectivity index (χ0n) is 8.07. The normalized spacial score (nSPS) is 24.6. The lowest BCUT2D eigenvalue weighted by atomic mass is 9.86. The molecule has 1 fully saturated rings. The van der Waals surface area contributed by atoms with Gasteiger partial charge in [-0.1, -0.05) is 6.58 Å². The summed E-state index contributed by atoms with van der Waals surface area (Å²) < 4.78 is 4.94. The number of nitrogens with zero attached hydrogens (tertiary/aromatic N) is 1. The number of nitro groups is 1. The van der Waals surface area contributed by atoms with Gasteiger partial charge in [-0.25, -0.2) is 4.79 Å². The second-order valence-corrected chi connectivity index (χ2v) is 3.70. The SMILES string of the molecule is C=C1C(=O)OC(C)(C)C1C(=C)[N+](=O)[O-]. The zero-order valence-corrected chi connectivity index (χ0v) is 8.07. The highest BCUT2D eigenvalue weighted by atomic mass is 16.6. The second-order valence-electron chi connectivity index (χ2n) is 3.70. The molecule has 0 spiro atoms. The molecule has 1 heterocycles. The number of hydrogen-bond acceptors (Lipinski definition) is 4. The van der Waals surface area contributed by atoms with Gasteiger partial charge in [0.05, 0.1) is 4.92 Å². The molecule has 1 rings (SSSR count). The molecule has 1 aliphatic rings. The van der Waals surface area contributed by atoms with Crippen LogP contribution in [0.5, 0.6) is 0 Å². The molecule has 0 aromatic carbocycles. The van der Waals surface area contributed by atoms with E-state index in [1.165, 1.54) is 0 Å². The van der Waals surface area contributed by atoms with Gasteiger partial charge < -0.3 is 4.74 Å². The van der Waals surface area contributed by atoms with Crippen molar-refractivity contribution in [2.45, 2.75) is 19.4 Å². The molecule has 1 aliphatic heterocycles. The molecule has 0 bridgehead atoms. The van der Waals surface area contributed by atoms with E-state index in [0.29, 0.717) is 0 Å². The van der Waals surface area contributed by atoms with Crippen LogP contribution in [0.4, 0.5) is 0 Å². The summed E-state index contributed by atoms with van der Waals surface area (Å²) in [7, 11) is 0. The van der Waals surface area contributed by atoms with Crippen LogP contribution in [0, 0.1) is 16.0 Å². The van der Waals surface area contributed by atoms with Crippen molar-refractivity contribution in [3.8, 4) is 0 Å². The first-order valence-electron chi connectivity index (χ1n) is 4.02. The molecule has 1 unspecified atom stereocenters. The Morgan fingerprint density at radius 1 is 1.64 bits per heavy atom. The van der Waals surface area contributed by atoms with Crippen molar-refractivity contribution >= 4 is 5.97 Å². The van der Waals surface area contributed by atoms with E-state index in [2.05, 4.69) is 13.2 Å². The molecule has 0 N–H and O–H groups in total. The van der Waals surface area contributed by atoms with Crippen LogP contribution in [-0.2, 0) is 9.53 Å². The molecule has 14 heavy (non-hydrogen) atoms. The van der Waals surface area contributed by atoms with E-state index in [1.54, 1.807) is 13.8 Å². The van der Waals surface area contributed by atoms with Crippen LogP contribution < -0.4 is 0 Å². The molecular weight excluding hydrogens is 186 g/mol. The molecule has 0 aromatic rings. The van der Waals surface area contributed by atoms with Gasteiger partial charge >= 0.3 is 5.97 Å². The van der Waals surface area contributed by atoms with Crippen LogP contribution in [-0.4, -0.2) is 16.5 Å². The van der Waals surface area contributed by atoms with Crippen molar-refractivity contribution in [2.24, 2.45) is 5.92 Å². The number of ether oxygens (including phenoxy) is 1. The highest BCUT2D eigenvalue weighted by molar-refractivity contribution is 5.92. The van der Waals surface area contributed by atoms with Crippen molar-refractivity contribution in [3.63, 3.8) is 0 Å². The lowest BCUT2D eigenvalue weighted by molar-refractivity contribution is -0.434. The molecular formula is C9H11NO4. The van der Waals surface area contributed by atoms with E-state index in [0.717, 1.165) is 0 Å². The summed E-state index contributed by atoms with van der Waals surface area (Å²) in [6, 6.07) is 0. The standard InChI is InChI=1S/C9H11NO4/c1-5-7(6(2)10(12)13)9(3,4)14-8(5)11/h7H,1-2H2,3-4H3. The highest BCUT2D eigenvalue weighted by Gasteiger charge is 2.50. The van der Waals surface area contributed by atoms with Crippen LogP contribution in [0.2, 0.25) is 0 Å². The van der Waals surface area contributed by atoms with Crippen molar-refractivity contribution in [1.29, 1.82) is 0 Å². The summed E-state index contributed by atoms with van der Waals surface area (Å²) in [6.45, 7) is 10.00. The highest BCUT2D eigenvalue weighted by Crippen LogP contribution is 2.39. The van der Waals surface area contributed by atoms with Gasteiger partial charge in [0.2, 0.25) is 0 Å². The molecule has 0 radical (unpaired) electrons. The fourth-order valence-electron chi connectivity index (χ4n) is 1.61. The van der Waals surface area contributed by atoms with Gasteiger partial charge in [-0.3, -0.25) is 10.1 Å². The van der Waals surface area contributed by atoms with E-state index in [4.69, 9.17) is 4.74 Å². The first-order valence-corrected chi connectivity index (χ1v) is 4.02. The van der Waals surface area contributed by atoms with Crippen molar-refractivity contribution in [1.82, 2.24) is 0 Å². The molecule has 0 aromatic heterocycles. The number of carbonyl (C=O) groups excluding carboxylic acids is 1. The van der Waals surface area contributed by atoms with E-state index in [-0.39, 0.29) is 11.3 Å². The molecule has 0 aliphatic carbocycles. The predicted octanol–water partition coefficient (Wildman–Crippen LogP) is 1.28. The number of cyclic esters (lactones) is 1. The van der Waals surface area contributed by atoms with Crippen LogP contribution in [0.3, 0.4) is 0 Å². The maximum Gasteiger partial charge on any atom is 0.335 e. The van der Waals surface area contributed by atoms with Gasteiger partial charge in [-0.2, -0.15) is 0 Å². The minimum Gasteiger partial charge on any atom is -0.455 e. The first-order chi connectivity index (χ1) is 6.27. The predicted molar refractivity (Wildman–Crippen MR) is 48.9 cm³/mol. The van der Waals surface area contributed by atoms with Crippen LogP contribution in [0.15, 0.2) is 24.4 Å². The second kappa shape index (κ2) is 2.94. The minimum atomic E-state index is -0.932.